The molecule has 0 aromatic rings. The summed E-state index contributed by atoms with van der Waals surface area (Å²) in [5.41, 5.74) is 0. The van der Waals surface area contributed by atoms with Crippen molar-refractivity contribution in [2.24, 2.45) is 0 Å². The highest BCUT2D eigenvalue weighted by molar-refractivity contribution is 5.76. The van der Waals surface area contributed by atoms with Crippen LogP contribution in [0.5, 0.6) is 0 Å². The van der Waals surface area contributed by atoms with Crippen molar-refractivity contribution in [3.63, 3.8) is 0 Å². The number of hydrogen-bond acceptors (Lipinski definition) is 3. The molecule has 0 saturated heterocycles. The molecule has 0 bridgehead atoms. The SMILES string of the molecule is C=CCN(CC=C)C(=O)CCCCCCCCC=O.C=CCNCC=C. The van der Waals surface area contributed by atoms with Gasteiger partial charge in [-0.05, 0) is 12.8 Å². The molecule has 0 aliphatic carbocycles. The zero-order valence-electron chi connectivity index (χ0n) is 16.5. The van der Waals surface area contributed by atoms with E-state index in [-0.39, 0.29) is 5.91 Å². The largest absolute Gasteiger partial charge is 0.335 e. The first-order valence-corrected chi connectivity index (χ1v) is 9.53. The van der Waals surface area contributed by atoms with Gasteiger partial charge in [0.05, 0.1) is 0 Å². The van der Waals surface area contributed by atoms with Crippen LogP contribution >= 0.6 is 0 Å². The quantitative estimate of drug-likeness (QED) is 0.236. The Morgan fingerprint density at radius 1 is 0.769 bits per heavy atom. The molecule has 0 aromatic carbocycles. The van der Waals surface area contributed by atoms with E-state index in [1.807, 2.05) is 12.2 Å². The molecule has 0 heterocycles. The Hall–Kier alpha value is -1.94. The number of carbonyl (C=O) groups is 2. The van der Waals surface area contributed by atoms with Crippen molar-refractivity contribution in [3.05, 3.63) is 50.6 Å². The molecule has 0 atom stereocenters. The Bertz CT molecular complexity index is 374. The lowest BCUT2D eigenvalue weighted by atomic mass is 10.1. The second kappa shape index (κ2) is 23.1. The van der Waals surface area contributed by atoms with Gasteiger partial charge in [-0.15, -0.1) is 26.3 Å². The standard InChI is InChI=1S/C16H27NO2.C6H11N/c1-3-13-17(14-4-2)16(19)12-10-8-6-5-7-9-11-15-18;1-3-5-7-6-4-2/h3-4,15H,1-2,5-14H2;3-4,7H,1-2,5-6H2. The molecule has 1 N–H and O–H groups in total. The molecule has 0 unspecified atom stereocenters. The van der Waals surface area contributed by atoms with Gasteiger partial charge in [0.25, 0.3) is 0 Å². The molecule has 0 saturated carbocycles. The molecule has 0 rings (SSSR count). The van der Waals surface area contributed by atoms with Crippen LogP contribution in [0.3, 0.4) is 0 Å². The lowest BCUT2D eigenvalue weighted by Gasteiger charge is -2.19. The van der Waals surface area contributed by atoms with Crippen LogP contribution in [0.15, 0.2) is 50.6 Å². The highest BCUT2D eigenvalue weighted by atomic mass is 16.2. The van der Waals surface area contributed by atoms with Crippen molar-refractivity contribution >= 4 is 12.2 Å². The van der Waals surface area contributed by atoms with E-state index in [9.17, 15) is 9.59 Å². The van der Waals surface area contributed by atoms with Crippen molar-refractivity contribution in [2.45, 2.75) is 51.4 Å². The van der Waals surface area contributed by atoms with Gasteiger partial charge in [0, 0.05) is 39.0 Å². The number of nitrogens with zero attached hydrogens (tertiary/aromatic N) is 1. The zero-order chi connectivity index (χ0) is 19.9. The summed E-state index contributed by atoms with van der Waals surface area (Å²) < 4.78 is 0. The Morgan fingerprint density at radius 3 is 1.73 bits per heavy atom. The summed E-state index contributed by atoms with van der Waals surface area (Å²) in [5, 5.41) is 3.05. The smallest absolute Gasteiger partial charge is 0.223 e. The molecule has 0 aliphatic heterocycles. The first-order chi connectivity index (χ1) is 12.7. The maximum atomic E-state index is 11.9. The Labute approximate surface area is 160 Å². The van der Waals surface area contributed by atoms with Gasteiger partial charge in [0.2, 0.25) is 5.91 Å². The van der Waals surface area contributed by atoms with Crippen molar-refractivity contribution in [2.75, 3.05) is 26.2 Å². The fraction of sp³-hybridized carbons (Fsp3) is 0.545. The van der Waals surface area contributed by atoms with E-state index in [1.54, 1.807) is 17.1 Å². The molecule has 1 amide bonds. The minimum absolute atomic E-state index is 0.181. The Kier molecular flexibility index (Phi) is 23.3. The van der Waals surface area contributed by atoms with Crippen molar-refractivity contribution in [3.8, 4) is 0 Å². The summed E-state index contributed by atoms with van der Waals surface area (Å²) >= 11 is 0. The lowest BCUT2D eigenvalue weighted by molar-refractivity contribution is -0.130. The molecular formula is C22H38N2O2. The van der Waals surface area contributed by atoms with Crippen LogP contribution in [0.1, 0.15) is 51.4 Å². The molecular weight excluding hydrogens is 324 g/mol. The molecule has 0 radical (unpaired) electrons. The molecule has 0 spiro atoms. The minimum Gasteiger partial charge on any atom is -0.335 e. The molecule has 4 nitrogen and oxygen atoms in total. The average Bonchev–Trinajstić information content (AvgIpc) is 2.64. The van der Waals surface area contributed by atoms with E-state index in [2.05, 4.69) is 31.6 Å². The molecule has 4 heteroatoms. The number of hydrogen-bond donors (Lipinski definition) is 1. The number of aldehydes is 1. The predicted molar refractivity (Wildman–Crippen MR) is 113 cm³/mol. The molecule has 26 heavy (non-hydrogen) atoms. The lowest BCUT2D eigenvalue weighted by Crippen LogP contribution is -2.30. The fourth-order valence-electron chi connectivity index (χ4n) is 2.25. The third-order valence-corrected chi connectivity index (χ3v) is 3.59. The van der Waals surface area contributed by atoms with Crippen molar-refractivity contribution in [1.82, 2.24) is 10.2 Å². The average molecular weight is 363 g/mol. The van der Waals surface area contributed by atoms with Gasteiger partial charge in [-0.25, -0.2) is 0 Å². The van der Waals surface area contributed by atoms with E-state index in [4.69, 9.17) is 0 Å². The topological polar surface area (TPSA) is 49.4 Å². The Balaban J connectivity index is 0. The predicted octanol–water partition coefficient (Wildman–Crippen LogP) is 4.45. The van der Waals surface area contributed by atoms with E-state index < -0.39 is 0 Å². The fourth-order valence-corrected chi connectivity index (χ4v) is 2.25. The summed E-state index contributed by atoms with van der Waals surface area (Å²) in [5.74, 6) is 0.181. The van der Waals surface area contributed by atoms with Crippen LogP contribution in [0.25, 0.3) is 0 Å². The van der Waals surface area contributed by atoms with Crippen molar-refractivity contribution in [1.29, 1.82) is 0 Å². The number of nitrogens with one attached hydrogen (secondary N) is 1. The van der Waals surface area contributed by atoms with E-state index in [0.29, 0.717) is 25.9 Å². The van der Waals surface area contributed by atoms with Crippen LogP contribution in [-0.2, 0) is 9.59 Å². The van der Waals surface area contributed by atoms with Crippen LogP contribution in [0.4, 0.5) is 0 Å². The van der Waals surface area contributed by atoms with Gasteiger partial charge in [-0.2, -0.15) is 0 Å². The van der Waals surface area contributed by atoms with Crippen LogP contribution in [-0.4, -0.2) is 43.3 Å². The van der Waals surface area contributed by atoms with E-state index >= 15 is 0 Å². The summed E-state index contributed by atoms with van der Waals surface area (Å²) in [6, 6.07) is 0. The normalized spacial score (nSPS) is 9.38. The van der Waals surface area contributed by atoms with Gasteiger partial charge in [-0.3, -0.25) is 4.79 Å². The number of carbonyl (C=O) groups excluding carboxylic acids is 2. The number of rotatable bonds is 17. The first kappa shape index (κ1) is 26.3. The van der Waals surface area contributed by atoms with Gasteiger partial charge in [0.1, 0.15) is 6.29 Å². The Morgan fingerprint density at radius 2 is 1.27 bits per heavy atom. The third kappa shape index (κ3) is 20.1. The van der Waals surface area contributed by atoms with Crippen LogP contribution in [0, 0.1) is 0 Å². The second-order valence-corrected chi connectivity index (χ2v) is 5.94. The van der Waals surface area contributed by atoms with E-state index in [1.165, 1.54) is 0 Å². The van der Waals surface area contributed by atoms with Crippen LogP contribution in [0.2, 0.25) is 0 Å². The van der Waals surface area contributed by atoms with Gasteiger partial charge in [0.15, 0.2) is 0 Å². The monoisotopic (exact) mass is 362 g/mol. The van der Waals surface area contributed by atoms with Gasteiger partial charge in [-0.1, -0.05) is 50.0 Å². The minimum atomic E-state index is 0.181. The van der Waals surface area contributed by atoms with Crippen molar-refractivity contribution < 1.29 is 9.59 Å². The first-order valence-electron chi connectivity index (χ1n) is 9.53. The second-order valence-electron chi connectivity index (χ2n) is 5.94. The zero-order valence-corrected chi connectivity index (χ0v) is 16.5. The van der Waals surface area contributed by atoms with E-state index in [0.717, 1.165) is 57.9 Å². The summed E-state index contributed by atoms with van der Waals surface area (Å²) in [4.78, 5) is 23.8. The van der Waals surface area contributed by atoms with Gasteiger partial charge < -0.3 is 15.0 Å². The maximum Gasteiger partial charge on any atom is 0.223 e. The highest BCUT2D eigenvalue weighted by Crippen LogP contribution is 2.09. The number of amides is 1. The maximum absolute atomic E-state index is 11.9. The summed E-state index contributed by atoms with van der Waals surface area (Å²) in [6.45, 7) is 17.3. The molecule has 0 fully saturated rings. The molecule has 0 aromatic heterocycles. The summed E-state index contributed by atoms with van der Waals surface area (Å²) in [7, 11) is 0. The van der Waals surface area contributed by atoms with Crippen LogP contribution < -0.4 is 5.32 Å². The number of unbranched alkanes of at least 4 members (excludes halogenated alkanes) is 6. The van der Waals surface area contributed by atoms with Gasteiger partial charge >= 0.3 is 0 Å². The summed E-state index contributed by atoms with van der Waals surface area (Å²) in [6.07, 6.45) is 15.8. The highest BCUT2D eigenvalue weighted by Gasteiger charge is 2.09. The molecule has 0 aliphatic rings. The molecule has 148 valence electrons. The third-order valence-electron chi connectivity index (χ3n) is 3.59.